The van der Waals surface area contributed by atoms with Crippen molar-refractivity contribution >= 4 is 29.7 Å². The Morgan fingerprint density at radius 1 is 0.830 bits per heavy atom. The van der Waals surface area contributed by atoms with Crippen molar-refractivity contribution < 1.29 is 53.5 Å². The predicted octanol–water partition coefficient (Wildman–Crippen LogP) is 3.28. The number of nitrogens with one attached hydrogen (secondary N) is 1. The number of ether oxygens (including phenoxy) is 3. The zero-order chi connectivity index (χ0) is 34.1. The number of carbonyl (C=O) groups is 5. The second kappa shape index (κ2) is 15.3. The highest BCUT2D eigenvalue weighted by Crippen LogP contribution is 2.35. The lowest BCUT2D eigenvalue weighted by Gasteiger charge is -2.36. The molecular formula is C34H36N2O11. The summed E-state index contributed by atoms with van der Waals surface area (Å²) in [5, 5.41) is 31.6. The molecule has 1 fully saturated rings. The Morgan fingerprint density at radius 3 is 1.94 bits per heavy atom. The van der Waals surface area contributed by atoms with Crippen molar-refractivity contribution in [1.29, 1.82) is 0 Å². The Kier molecular flexibility index (Phi) is 11.3. The van der Waals surface area contributed by atoms with Crippen molar-refractivity contribution in [3.8, 4) is 11.5 Å². The highest BCUT2D eigenvalue weighted by atomic mass is 16.8. The first-order valence-corrected chi connectivity index (χ1v) is 15.0. The first-order chi connectivity index (χ1) is 22.5. The quantitative estimate of drug-likeness (QED) is 0.177. The summed E-state index contributed by atoms with van der Waals surface area (Å²) in [5.41, 5.74) is 1.74. The maximum Gasteiger partial charge on any atom is 0.377 e. The van der Waals surface area contributed by atoms with E-state index in [1.54, 1.807) is 50.2 Å². The lowest BCUT2D eigenvalue weighted by Crippen LogP contribution is -2.54. The molecule has 4 atom stereocenters. The monoisotopic (exact) mass is 648 g/mol. The van der Waals surface area contributed by atoms with Gasteiger partial charge in [-0.05, 0) is 62.1 Å². The molecule has 3 aromatic rings. The summed E-state index contributed by atoms with van der Waals surface area (Å²) in [4.78, 5) is 64.1. The molecule has 0 saturated carbocycles. The minimum atomic E-state index is -3.37. The lowest BCUT2D eigenvalue weighted by atomic mass is 9.85. The lowest BCUT2D eigenvalue weighted by molar-refractivity contribution is -0.220. The Balaban J connectivity index is 1.70. The van der Waals surface area contributed by atoms with E-state index in [0.29, 0.717) is 24.3 Å². The molecule has 0 aliphatic carbocycles. The van der Waals surface area contributed by atoms with E-state index in [4.69, 9.17) is 14.2 Å². The van der Waals surface area contributed by atoms with Crippen LogP contribution in [0.2, 0.25) is 0 Å². The largest absolute Gasteiger partial charge is 0.480 e. The molecule has 0 spiro atoms. The third-order valence-corrected chi connectivity index (χ3v) is 7.81. The highest BCUT2D eigenvalue weighted by molar-refractivity contribution is 6.03. The SMILES string of the molecule is CCNC(=O)C1OC(C(=O)O)(C(=O)O)OC1C(=O)N(CC(=O)O)C(C)C(CCc1ccccc1)c1ccc(Oc2ccccc2)cc1. The van der Waals surface area contributed by atoms with Gasteiger partial charge in [-0.25, -0.2) is 9.59 Å². The van der Waals surface area contributed by atoms with Crippen LogP contribution in [0.4, 0.5) is 0 Å². The average Bonchev–Trinajstić information content (AvgIpc) is 3.48. The molecule has 1 heterocycles. The van der Waals surface area contributed by atoms with Gasteiger partial charge in [-0.3, -0.25) is 14.4 Å². The number of benzene rings is 3. The summed E-state index contributed by atoms with van der Waals surface area (Å²) in [6.45, 7) is 2.38. The third-order valence-electron chi connectivity index (χ3n) is 7.81. The highest BCUT2D eigenvalue weighted by Gasteiger charge is 2.64. The van der Waals surface area contributed by atoms with E-state index in [0.717, 1.165) is 16.0 Å². The number of carboxylic acid groups (broad SMARTS) is 3. The van der Waals surface area contributed by atoms with Crippen molar-refractivity contribution in [3.05, 3.63) is 96.1 Å². The van der Waals surface area contributed by atoms with E-state index in [9.17, 15) is 39.3 Å². The van der Waals surface area contributed by atoms with Crippen LogP contribution in [0.15, 0.2) is 84.9 Å². The number of likely N-dealkylation sites (N-methyl/N-ethyl adjacent to an activating group) is 1. The number of aryl methyl sites for hydroxylation is 1. The number of rotatable bonds is 15. The molecule has 1 aliphatic rings. The number of aliphatic carboxylic acids is 3. The minimum Gasteiger partial charge on any atom is -0.480 e. The number of nitrogens with zero attached hydrogens (tertiary/aromatic N) is 1. The van der Waals surface area contributed by atoms with Gasteiger partial charge in [0.15, 0.2) is 12.2 Å². The molecule has 1 aliphatic heterocycles. The summed E-state index contributed by atoms with van der Waals surface area (Å²) in [7, 11) is 0. The zero-order valence-electron chi connectivity index (χ0n) is 25.8. The molecule has 248 valence electrons. The average molecular weight is 649 g/mol. The van der Waals surface area contributed by atoms with E-state index in [-0.39, 0.29) is 6.54 Å². The fourth-order valence-corrected chi connectivity index (χ4v) is 5.46. The van der Waals surface area contributed by atoms with Gasteiger partial charge in [-0.1, -0.05) is 60.7 Å². The van der Waals surface area contributed by atoms with Gasteiger partial charge in [0.25, 0.3) is 11.8 Å². The molecule has 4 rings (SSSR count). The van der Waals surface area contributed by atoms with Gasteiger partial charge in [0.1, 0.15) is 18.0 Å². The molecule has 4 N–H and O–H groups in total. The molecule has 0 aromatic heterocycles. The van der Waals surface area contributed by atoms with E-state index < -0.39 is 66.2 Å². The Bertz CT molecular complexity index is 1550. The van der Waals surface area contributed by atoms with E-state index in [1.807, 2.05) is 48.5 Å². The molecule has 1 saturated heterocycles. The van der Waals surface area contributed by atoms with Crippen molar-refractivity contribution in [1.82, 2.24) is 10.2 Å². The van der Waals surface area contributed by atoms with Crippen LogP contribution in [0.3, 0.4) is 0 Å². The first kappa shape index (κ1) is 34.6. The van der Waals surface area contributed by atoms with Gasteiger partial charge in [-0.2, -0.15) is 0 Å². The van der Waals surface area contributed by atoms with E-state index >= 15 is 0 Å². The van der Waals surface area contributed by atoms with Crippen LogP contribution in [-0.2, 0) is 39.9 Å². The number of hydrogen-bond acceptors (Lipinski definition) is 8. The van der Waals surface area contributed by atoms with Crippen LogP contribution in [-0.4, -0.2) is 87.1 Å². The number of hydrogen-bond donors (Lipinski definition) is 4. The van der Waals surface area contributed by atoms with Crippen LogP contribution in [0.25, 0.3) is 0 Å². The normalized spacial score (nSPS) is 18.0. The predicted molar refractivity (Wildman–Crippen MR) is 166 cm³/mol. The summed E-state index contributed by atoms with van der Waals surface area (Å²) in [6.07, 6.45) is -3.06. The van der Waals surface area contributed by atoms with E-state index in [2.05, 4.69) is 5.32 Å². The third kappa shape index (κ3) is 8.12. The molecule has 0 bridgehead atoms. The Labute approximate surface area is 270 Å². The molecule has 2 amide bonds. The Morgan fingerprint density at radius 2 is 1.38 bits per heavy atom. The fourth-order valence-electron chi connectivity index (χ4n) is 5.46. The summed E-state index contributed by atoms with van der Waals surface area (Å²) >= 11 is 0. The van der Waals surface area contributed by atoms with Gasteiger partial charge in [-0.15, -0.1) is 0 Å². The molecule has 13 heteroatoms. The standard InChI is InChI=1S/C34H36N2O11/c1-3-35-30(39)28-29(47-34(46-28,32(41)42)33(43)44)31(40)36(20-27(37)38)21(2)26(19-14-22-10-6-4-7-11-22)23-15-17-25(18-16-23)45-24-12-8-5-9-13-24/h4-13,15-18,21,26,28-29H,3,14,19-20H2,1-2H3,(H,35,39)(H,37,38)(H,41,42)(H,43,44). The maximum absolute atomic E-state index is 14.1. The summed E-state index contributed by atoms with van der Waals surface area (Å²) < 4.78 is 16.3. The molecule has 3 aromatic carbocycles. The molecule has 4 unspecified atom stereocenters. The Hall–Kier alpha value is -5.27. The van der Waals surface area contributed by atoms with Crippen molar-refractivity contribution in [2.45, 2.75) is 56.6 Å². The van der Waals surface area contributed by atoms with Crippen LogP contribution < -0.4 is 10.1 Å². The molecular weight excluding hydrogens is 612 g/mol. The number of carboxylic acids is 3. The van der Waals surface area contributed by atoms with Crippen LogP contribution in [0, 0.1) is 0 Å². The molecule has 47 heavy (non-hydrogen) atoms. The van der Waals surface area contributed by atoms with E-state index in [1.165, 1.54) is 0 Å². The smallest absolute Gasteiger partial charge is 0.377 e. The van der Waals surface area contributed by atoms with Gasteiger partial charge >= 0.3 is 23.7 Å². The summed E-state index contributed by atoms with van der Waals surface area (Å²) in [6, 6.07) is 24.9. The second-order valence-corrected chi connectivity index (χ2v) is 10.9. The number of para-hydroxylation sites is 1. The van der Waals surface area contributed by atoms with Gasteiger partial charge in [0.05, 0.1) is 0 Å². The summed E-state index contributed by atoms with van der Waals surface area (Å²) in [5.74, 6) is -10.4. The van der Waals surface area contributed by atoms with Crippen LogP contribution >= 0.6 is 0 Å². The van der Waals surface area contributed by atoms with Crippen LogP contribution in [0.5, 0.6) is 11.5 Å². The number of carbonyl (C=O) groups excluding carboxylic acids is 2. The second-order valence-electron chi connectivity index (χ2n) is 10.9. The zero-order valence-corrected chi connectivity index (χ0v) is 25.8. The van der Waals surface area contributed by atoms with Gasteiger partial charge in [0, 0.05) is 18.5 Å². The van der Waals surface area contributed by atoms with Crippen LogP contribution in [0.1, 0.15) is 37.3 Å². The van der Waals surface area contributed by atoms with Gasteiger partial charge in [0.2, 0.25) is 0 Å². The maximum atomic E-state index is 14.1. The van der Waals surface area contributed by atoms with Crippen molar-refractivity contribution in [2.24, 2.45) is 0 Å². The topological polar surface area (TPSA) is 189 Å². The molecule has 13 nitrogen and oxygen atoms in total. The minimum absolute atomic E-state index is 0.0491. The van der Waals surface area contributed by atoms with Gasteiger partial charge < -0.3 is 39.7 Å². The first-order valence-electron chi connectivity index (χ1n) is 15.0. The fraction of sp³-hybridized carbons (Fsp3) is 0.324. The number of amides is 2. The molecule has 0 radical (unpaired) electrons. The van der Waals surface area contributed by atoms with Crippen molar-refractivity contribution in [3.63, 3.8) is 0 Å². The van der Waals surface area contributed by atoms with Crippen molar-refractivity contribution in [2.75, 3.05) is 13.1 Å².